The molecule has 0 radical (unpaired) electrons. The normalized spacial score (nSPS) is 12.8. The second-order valence-electron chi connectivity index (χ2n) is 6.10. The van der Waals surface area contributed by atoms with Gasteiger partial charge in [-0.15, -0.1) is 0 Å². The van der Waals surface area contributed by atoms with Gasteiger partial charge in [-0.2, -0.15) is 0 Å². The predicted octanol–water partition coefficient (Wildman–Crippen LogP) is -0.418. The first-order valence-corrected chi connectivity index (χ1v) is 8.20. The van der Waals surface area contributed by atoms with E-state index in [0.29, 0.717) is 10.6 Å². The maximum atomic E-state index is 12.5. The molecule has 24 heavy (non-hydrogen) atoms. The van der Waals surface area contributed by atoms with Crippen LogP contribution in [0.2, 0.25) is 5.02 Å². The minimum atomic E-state index is -0.0927. The zero-order valence-corrected chi connectivity index (χ0v) is 15.3. The van der Waals surface area contributed by atoms with Crippen LogP contribution in [0.3, 0.4) is 0 Å². The van der Waals surface area contributed by atoms with Crippen LogP contribution >= 0.6 is 11.6 Å². The summed E-state index contributed by atoms with van der Waals surface area (Å²) in [4.78, 5) is 16.1. The number of para-hydroxylation sites is 2. The summed E-state index contributed by atoms with van der Waals surface area (Å²) in [5.41, 5.74) is 3.37. The highest BCUT2D eigenvalue weighted by atomic mass is 35.5. The van der Waals surface area contributed by atoms with Gasteiger partial charge in [-0.3, -0.25) is 4.79 Å². The van der Waals surface area contributed by atoms with Gasteiger partial charge in [0.15, 0.2) is 0 Å². The van der Waals surface area contributed by atoms with Crippen molar-refractivity contribution in [2.24, 2.45) is 0 Å². The molecule has 0 aromatic heterocycles. The molecule has 6 heteroatoms. The second-order valence-corrected chi connectivity index (χ2v) is 6.53. The van der Waals surface area contributed by atoms with Crippen LogP contribution in [-0.4, -0.2) is 33.1 Å². The number of hydrogen-bond acceptors (Lipinski definition) is 2. The van der Waals surface area contributed by atoms with E-state index in [4.69, 9.17) is 11.6 Å². The Bertz CT molecular complexity index is 734. The van der Waals surface area contributed by atoms with Gasteiger partial charge < -0.3 is 27.5 Å². The molecule has 0 unspecified atom stereocenters. The quantitative estimate of drug-likeness (QED) is 0.772. The Balaban J connectivity index is 0.00000208. The lowest BCUT2D eigenvalue weighted by molar-refractivity contribution is -0.858. The number of hydrogen-bond donors (Lipinski definition) is 2. The van der Waals surface area contributed by atoms with E-state index in [1.807, 2.05) is 30.3 Å². The second kappa shape index (κ2) is 7.88. The number of rotatable bonds is 4. The molecule has 3 rings (SSSR count). The number of nitrogens with one attached hydrogen (secondary N) is 2. The maximum absolute atomic E-state index is 12.5. The smallest absolute Gasteiger partial charge is 0.257 e. The Kier molecular flexibility index (Phi) is 6.10. The van der Waals surface area contributed by atoms with Gasteiger partial charge in [0.05, 0.1) is 43.3 Å². The molecule has 2 aromatic rings. The lowest BCUT2D eigenvalue weighted by Crippen LogP contribution is -3.05. The summed E-state index contributed by atoms with van der Waals surface area (Å²) in [6.07, 6.45) is 1.02. The third-order valence-corrected chi connectivity index (χ3v) is 4.23. The molecule has 1 heterocycles. The SMILES string of the molecule is C[NH+](C)CCCN1c2ccccc2NC(=O)c2ccc(Cl)cc21.[Cl-]. The fourth-order valence-electron chi connectivity index (χ4n) is 2.89. The number of amides is 1. The summed E-state index contributed by atoms with van der Waals surface area (Å²) in [7, 11) is 4.29. The minimum Gasteiger partial charge on any atom is -1.00 e. The highest BCUT2D eigenvalue weighted by Crippen LogP contribution is 2.38. The van der Waals surface area contributed by atoms with E-state index in [1.165, 1.54) is 4.90 Å². The average Bonchev–Trinajstić information content (AvgIpc) is 2.62. The third-order valence-electron chi connectivity index (χ3n) is 4.00. The van der Waals surface area contributed by atoms with Crippen LogP contribution in [-0.2, 0) is 0 Å². The number of quaternary nitrogens is 1. The van der Waals surface area contributed by atoms with Gasteiger partial charge in [0.1, 0.15) is 0 Å². The molecule has 128 valence electrons. The van der Waals surface area contributed by atoms with Gasteiger partial charge in [0, 0.05) is 18.0 Å². The van der Waals surface area contributed by atoms with E-state index in [9.17, 15) is 4.79 Å². The number of nitrogens with zero attached hydrogens (tertiary/aromatic N) is 1. The van der Waals surface area contributed by atoms with E-state index in [2.05, 4.69) is 24.3 Å². The molecule has 0 aliphatic carbocycles. The highest BCUT2D eigenvalue weighted by molar-refractivity contribution is 6.31. The maximum Gasteiger partial charge on any atom is 0.257 e. The largest absolute Gasteiger partial charge is 1.00 e. The summed E-state index contributed by atoms with van der Waals surface area (Å²) in [5.74, 6) is -0.0927. The van der Waals surface area contributed by atoms with Crippen LogP contribution in [0.5, 0.6) is 0 Å². The summed E-state index contributed by atoms with van der Waals surface area (Å²) < 4.78 is 0. The van der Waals surface area contributed by atoms with Crippen molar-refractivity contribution in [2.75, 3.05) is 37.4 Å². The number of benzene rings is 2. The van der Waals surface area contributed by atoms with Crippen LogP contribution in [0, 0.1) is 0 Å². The number of carbonyl (C=O) groups excluding carboxylic acids is 1. The van der Waals surface area contributed by atoms with Crippen LogP contribution in [0.15, 0.2) is 42.5 Å². The van der Waals surface area contributed by atoms with Gasteiger partial charge in [0.2, 0.25) is 0 Å². The van der Waals surface area contributed by atoms with Crippen molar-refractivity contribution in [2.45, 2.75) is 6.42 Å². The van der Waals surface area contributed by atoms with Crippen LogP contribution in [0.25, 0.3) is 0 Å². The molecule has 0 fully saturated rings. The van der Waals surface area contributed by atoms with Crippen molar-refractivity contribution in [1.82, 2.24) is 0 Å². The molecule has 2 aromatic carbocycles. The van der Waals surface area contributed by atoms with Crippen molar-refractivity contribution < 1.29 is 22.1 Å². The van der Waals surface area contributed by atoms with Crippen molar-refractivity contribution in [3.63, 3.8) is 0 Å². The first-order chi connectivity index (χ1) is 11.1. The molecule has 0 saturated heterocycles. The molecule has 0 bridgehead atoms. The zero-order valence-electron chi connectivity index (χ0n) is 13.8. The zero-order chi connectivity index (χ0) is 16.4. The van der Waals surface area contributed by atoms with Gasteiger partial charge in [-0.05, 0) is 30.3 Å². The lowest BCUT2D eigenvalue weighted by Gasteiger charge is -2.26. The Labute approximate surface area is 153 Å². The van der Waals surface area contributed by atoms with E-state index in [1.54, 1.807) is 12.1 Å². The van der Waals surface area contributed by atoms with Crippen molar-refractivity contribution in [3.05, 3.63) is 53.1 Å². The van der Waals surface area contributed by atoms with E-state index in [0.717, 1.165) is 36.6 Å². The number of fused-ring (bicyclic) bond motifs is 2. The van der Waals surface area contributed by atoms with Crippen LogP contribution < -0.4 is 27.5 Å². The molecular weight excluding hydrogens is 345 g/mol. The molecule has 0 saturated carbocycles. The van der Waals surface area contributed by atoms with Gasteiger partial charge in [-0.25, -0.2) is 0 Å². The standard InChI is InChI=1S/C18H20ClN3O.ClH/c1-21(2)10-5-11-22-16-7-4-3-6-15(16)20-18(23)14-9-8-13(19)12-17(14)22;/h3-4,6-9,12H,5,10-11H2,1-2H3,(H,20,23);1H. The van der Waals surface area contributed by atoms with Crippen LogP contribution in [0.1, 0.15) is 16.8 Å². The fourth-order valence-corrected chi connectivity index (χ4v) is 3.05. The minimum absolute atomic E-state index is 0. The number of halogens is 2. The van der Waals surface area contributed by atoms with E-state index in [-0.39, 0.29) is 18.3 Å². The summed E-state index contributed by atoms with van der Waals surface area (Å²) >= 11 is 6.19. The number of carbonyl (C=O) groups is 1. The van der Waals surface area contributed by atoms with Crippen LogP contribution in [0.4, 0.5) is 17.1 Å². The number of anilines is 3. The van der Waals surface area contributed by atoms with E-state index >= 15 is 0 Å². The molecule has 1 amide bonds. The Morgan fingerprint density at radius 2 is 1.88 bits per heavy atom. The van der Waals surface area contributed by atoms with Gasteiger partial charge in [-0.1, -0.05) is 23.7 Å². The Hall–Kier alpha value is -1.75. The van der Waals surface area contributed by atoms with Crippen molar-refractivity contribution >= 4 is 34.6 Å². The Morgan fingerprint density at radius 3 is 2.62 bits per heavy atom. The molecule has 0 atom stereocenters. The molecular formula is C18H21Cl2N3O. The lowest BCUT2D eigenvalue weighted by atomic mass is 10.1. The molecule has 1 aliphatic heterocycles. The van der Waals surface area contributed by atoms with Gasteiger partial charge in [0.25, 0.3) is 5.91 Å². The molecule has 4 nitrogen and oxygen atoms in total. The predicted molar refractivity (Wildman–Crippen MR) is 95.1 cm³/mol. The Morgan fingerprint density at radius 1 is 1.12 bits per heavy atom. The molecule has 1 aliphatic rings. The summed E-state index contributed by atoms with van der Waals surface area (Å²) in [6, 6.07) is 13.3. The molecule has 2 N–H and O–H groups in total. The first kappa shape index (κ1) is 18.6. The fraction of sp³-hybridized carbons (Fsp3) is 0.278. The van der Waals surface area contributed by atoms with E-state index < -0.39 is 0 Å². The van der Waals surface area contributed by atoms with Crippen molar-refractivity contribution in [3.8, 4) is 0 Å². The first-order valence-electron chi connectivity index (χ1n) is 7.83. The van der Waals surface area contributed by atoms with Crippen molar-refractivity contribution in [1.29, 1.82) is 0 Å². The summed E-state index contributed by atoms with van der Waals surface area (Å²) in [6.45, 7) is 1.90. The van der Waals surface area contributed by atoms with Gasteiger partial charge >= 0.3 is 0 Å². The monoisotopic (exact) mass is 365 g/mol. The third kappa shape index (κ3) is 3.83. The topological polar surface area (TPSA) is 36.8 Å². The average molecular weight is 366 g/mol. The molecule has 0 spiro atoms. The summed E-state index contributed by atoms with van der Waals surface area (Å²) in [5, 5.41) is 3.64. The highest BCUT2D eigenvalue weighted by Gasteiger charge is 2.25.